The van der Waals surface area contributed by atoms with Crippen molar-refractivity contribution in [2.75, 3.05) is 9.80 Å². The predicted molar refractivity (Wildman–Crippen MR) is 296 cm³/mol. The smallest absolute Gasteiger partial charge is 0.0561 e. The zero-order valence-corrected chi connectivity index (χ0v) is 42.3. The molecule has 10 aromatic rings. The molecule has 0 amide bonds. The maximum atomic E-state index is 2.59. The minimum absolute atomic E-state index is 0.00419. The van der Waals surface area contributed by atoms with Crippen molar-refractivity contribution >= 4 is 66.4 Å². The van der Waals surface area contributed by atoms with Gasteiger partial charge in [-0.1, -0.05) is 142 Å². The Labute approximate surface area is 404 Å². The molecule has 0 unspecified atom stereocenters. The van der Waals surface area contributed by atoms with E-state index in [0.29, 0.717) is 0 Å². The number of rotatable bonds is 8. The molecule has 0 aromatic heterocycles. The SMILES string of the molecule is Cc1ccc(C)c(N(c2cc(-c3c(C)cccc3C)ccc2C)c2cc(N(c3cc(C)ccc3C)c3cc(-c4c(C)cccc4C)ccc3C)c3ccc4cc(C(C)(C)C)cc5ccc2c3c54)c1. The molecule has 0 bridgehead atoms. The molecule has 0 saturated heterocycles. The van der Waals surface area contributed by atoms with Crippen LogP contribution in [0.2, 0.25) is 0 Å². The fourth-order valence-electron chi connectivity index (χ4n) is 10.9. The van der Waals surface area contributed by atoms with E-state index < -0.39 is 0 Å². The van der Waals surface area contributed by atoms with Gasteiger partial charge >= 0.3 is 0 Å². The molecular weight excluding hydrogens is 821 g/mol. The van der Waals surface area contributed by atoms with E-state index in [-0.39, 0.29) is 5.41 Å². The van der Waals surface area contributed by atoms with Crippen LogP contribution in [-0.4, -0.2) is 0 Å². The fraction of sp³-hybridized carbons (Fsp3) is 0.212. The topological polar surface area (TPSA) is 6.48 Å². The summed E-state index contributed by atoms with van der Waals surface area (Å²) in [6.07, 6.45) is 0. The van der Waals surface area contributed by atoms with Crippen LogP contribution < -0.4 is 9.80 Å². The van der Waals surface area contributed by atoms with E-state index in [9.17, 15) is 0 Å². The molecule has 0 atom stereocenters. The molecule has 0 aliphatic carbocycles. The Morgan fingerprint density at radius 3 is 1.06 bits per heavy atom. The van der Waals surface area contributed by atoms with E-state index in [1.54, 1.807) is 0 Å². The van der Waals surface area contributed by atoms with E-state index in [1.165, 1.54) is 139 Å². The van der Waals surface area contributed by atoms with E-state index in [0.717, 1.165) is 11.4 Å². The van der Waals surface area contributed by atoms with Crippen LogP contribution in [0.1, 0.15) is 82.0 Å². The molecule has 10 aromatic carbocycles. The van der Waals surface area contributed by atoms with Gasteiger partial charge in [-0.2, -0.15) is 0 Å². The Bertz CT molecular complexity index is 3350. The lowest BCUT2D eigenvalue weighted by Crippen LogP contribution is -2.17. The third-order valence-electron chi connectivity index (χ3n) is 14.7. The second-order valence-corrected chi connectivity index (χ2v) is 20.9. The molecule has 0 aliphatic rings. The molecule has 0 aliphatic heterocycles. The second kappa shape index (κ2) is 16.9. The highest BCUT2D eigenvalue weighted by molar-refractivity contribution is 6.29. The van der Waals surface area contributed by atoms with Crippen molar-refractivity contribution in [3.63, 3.8) is 0 Å². The third kappa shape index (κ3) is 7.61. The lowest BCUT2D eigenvalue weighted by atomic mass is 9.83. The molecule has 2 heteroatoms. The van der Waals surface area contributed by atoms with Gasteiger partial charge < -0.3 is 9.80 Å². The van der Waals surface area contributed by atoms with Gasteiger partial charge in [-0.3, -0.25) is 0 Å². The Morgan fingerprint density at radius 1 is 0.309 bits per heavy atom. The van der Waals surface area contributed by atoms with Crippen molar-refractivity contribution in [2.24, 2.45) is 0 Å². The first kappa shape index (κ1) is 44.7. The minimum atomic E-state index is -0.00419. The van der Waals surface area contributed by atoms with Crippen molar-refractivity contribution in [3.05, 3.63) is 213 Å². The number of hydrogen-bond acceptors (Lipinski definition) is 2. The Kier molecular flexibility index (Phi) is 11.1. The number of anilines is 6. The van der Waals surface area contributed by atoms with E-state index in [1.807, 2.05) is 0 Å². The van der Waals surface area contributed by atoms with Crippen molar-refractivity contribution in [1.29, 1.82) is 0 Å². The van der Waals surface area contributed by atoms with Gasteiger partial charge in [-0.05, 0) is 205 Å². The standard InChI is InChI=1S/C66H64N2/c1-39-20-22-41(3)56(32-39)67(58-36-51(26-24-43(58)5)62-45(7)16-14-17-46(62)8)60-38-61(55-31-29-50-35-53(66(11,12)13)34-49-28-30-54(60)65(55)64(49)50)68(57-33-40(2)21-23-42(57)4)59-37-52(27-25-44(59)6)63-47(9)18-15-19-48(63)10/h14-38H,1-13H3. The number of hydrogen-bond donors (Lipinski definition) is 0. The Morgan fingerprint density at radius 2 is 0.676 bits per heavy atom. The van der Waals surface area contributed by atoms with Crippen LogP contribution in [0.5, 0.6) is 0 Å². The minimum Gasteiger partial charge on any atom is -0.309 e. The van der Waals surface area contributed by atoms with Crippen molar-refractivity contribution < 1.29 is 0 Å². The maximum absolute atomic E-state index is 2.59. The molecule has 0 N–H and O–H groups in total. The number of benzene rings is 10. The molecule has 0 saturated carbocycles. The molecule has 0 radical (unpaired) electrons. The van der Waals surface area contributed by atoms with Gasteiger partial charge in [0.1, 0.15) is 0 Å². The molecule has 0 heterocycles. The summed E-state index contributed by atoms with van der Waals surface area (Å²) in [6.45, 7) is 29.4. The van der Waals surface area contributed by atoms with Gasteiger partial charge in [0.25, 0.3) is 0 Å². The zero-order chi connectivity index (χ0) is 47.9. The van der Waals surface area contributed by atoms with Crippen LogP contribution in [0, 0.1) is 69.2 Å². The average Bonchev–Trinajstić information content (AvgIpc) is 3.29. The van der Waals surface area contributed by atoms with E-state index in [2.05, 4.69) is 251 Å². The van der Waals surface area contributed by atoms with Crippen LogP contribution in [0.25, 0.3) is 54.6 Å². The predicted octanol–water partition coefficient (Wildman–Crippen LogP) is 19.2. The quantitative estimate of drug-likeness (QED) is 0.140. The normalized spacial score (nSPS) is 11.9. The number of nitrogens with zero attached hydrogens (tertiary/aromatic N) is 2. The van der Waals surface area contributed by atoms with E-state index >= 15 is 0 Å². The highest BCUT2D eigenvalue weighted by atomic mass is 15.2. The molecule has 0 spiro atoms. The summed E-state index contributed by atoms with van der Waals surface area (Å²) in [4.78, 5) is 5.18. The van der Waals surface area contributed by atoms with Gasteiger partial charge in [-0.25, -0.2) is 0 Å². The highest BCUT2D eigenvalue weighted by Crippen LogP contribution is 2.53. The largest absolute Gasteiger partial charge is 0.309 e. The third-order valence-corrected chi connectivity index (χ3v) is 14.7. The molecule has 0 fully saturated rings. The lowest BCUT2D eigenvalue weighted by Gasteiger charge is -2.35. The molecular formula is C66H64N2. The number of aryl methyl sites for hydroxylation is 10. The maximum Gasteiger partial charge on any atom is 0.0561 e. The summed E-state index contributed by atoms with van der Waals surface area (Å²) >= 11 is 0. The first-order chi connectivity index (χ1) is 32.5. The van der Waals surface area contributed by atoms with Crippen LogP contribution in [0.3, 0.4) is 0 Å². The molecule has 68 heavy (non-hydrogen) atoms. The molecule has 2 nitrogen and oxygen atoms in total. The lowest BCUT2D eigenvalue weighted by molar-refractivity contribution is 0.591. The zero-order valence-electron chi connectivity index (χ0n) is 42.3. The van der Waals surface area contributed by atoms with Gasteiger partial charge in [-0.15, -0.1) is 0 Å². The summed E-state index contributed by atoms with van der Waals surface area (Å²) in [7, 11) is 0. The van der Waals surface area contributed by atoms with Gasteiger partial charge in [0, 0.05) is 38.9 Å². The monoisotopic (exact) mass is 885 g/mol. The fourth-order valence-corrected chi connectivity index (χ4v) is 10.9. The first-order valence-electron chi connectivity index (χ1n) is 24.3. The van der Waals surface area contributed by atoms with Crippen LogP contribution in [0.4, 0.5) is 34.1 Å². The van der Waals surface area contributed by atoms with Crippen LogP contribution >= 0.6 is 0 Å². The molecule has 338 valence electrons. The summed E-state index contributed by atoms with van der Waals surface area (Å²) in [5.74, 6) is 0. The average molecular weight is 885 g/mol. The van der Waals surface area contributed by atoms with Crippen molar-refractivity contribution in [1.82, 2.24) is 0 Å². The van der Waals surface area contributed by atoms with Gasteiger partial charge in [0.2, 0.25) is 0 Å². The Hall–Kier alpha value is -7.16. The van der Waals surface area contributed by atoms with Crippen LogP contribution in [-0.2, 0) is 5.41 Å². The van der Waals surface area contributed by atoms with Crippen molar-refractivity contribution in [3.8, 4) is 22.3 Å². The second-order valence-electron chi connectivity index (χ2n) is 20.9. The van der Waals surface area contributed by atoms with Crippen molar-refractivity contribution in [2.45, 2.75) is 95.4 Å². The van der Waals surface area contributed by atoms with E-state index in [4.69, 9.17) is 0 Å². The summed E-state index contributed by atoms with van der Waals surface area (Å²) in [6, 6.07) is 58.3. The summed E-state index contributed by atoms with van der Waals surface area (Å²) < 4.78 is 0. The van der Waals surface area contributed by atoms with Crippen LogP contribution in [0.15, 0.2) is 152 Å². The first-order valence-corrected chi connectivity index (χ1v) is 24.3. The summed E-state index contributed by atoms with van der Waals surface area (Å²) in [5, 5.41) is 7.58. The highest BCUT2D eigenvalue weighted by Gasteiger charge is 2.29. The summed E-state index contributed by atoms with van der Waals surface area (Å²) in [5.41, 5.74) is 25.8. The molecule has 10 rings (SSSR count). The van der Waals surface area contributed by atoms with Gasteiger partial charge in [0.05, 0.1) is 11.4 Å². The van der Waals surface area contributed by atoms with Gasteiger partial charge in [0.15, 0.2) is 0 Å². The Balaban J connectivity index is 1.39.